The van der Waals surface area contributed by atoms with Gasteiger partial charge in [0.15, 0.2) is 0 Å². The van der Waals surface area contributed by atoms with Gasteiger partial charge >= 0.3 is 5.97 Å². The van der Waals surface area contributed by atoms with Crippen LogP contribution in [-0.4, -0.2) is 19.6 Å². The van der Waals surface area contributed by atoms with Crippen molar-refractivity contribution in [1.29, 1.82) is 0 Å². The normalized spacial score (nSPS) is 12.0. The summed E-state index contributed by atoms with van der Waals surface area (Å²) in [7, 11) is 1.37. The van der Waals surface area contributed by atoms with E-state index in [0.717, 1.165) is 11.1 Å². The van der Waals surface area contributed by atoms with Crippen LogP contribution in [0.1, 0.15) is 33.2 Å². The summed E-state index contributed by atoms with van der Waals surface area (Å²) in [6, 6.07) is 15.3. The minimum Gasteiger partial charge on any atom is -0.465 e. The number of rotatable bonds is 6. The predicted molar refractivity (Wildman–Crippen MR) is 85.5 cm³/mol. The van der Waals surface area contributed by atoms with Crippen molar-refractivity contribution in [2.75, 3.05) is 13.7 Å². The fourth-order valence-corrected chi connectivity index (χ4v) is 2.22. The minimum atomic E-state index is -0.341. The molecule has 4 nitrogen and oxygen atoms in total. The lowest BCUT2D eigenvalue weighted by Gasteiger charge is -2.17. The van der Waals surface area contributed by atoms with Gasteiger partial charge in [-0.2, -0.15) is 0 Å². The molecule has 1 atom stereocenters. The molecule has 0 fully saturated rings. The van der Waals surface area contributed by atoms with Crippen LogP contribution in [0.5, 0.6) is 0 Å². The molecule has 0 saturated carbocycles. The van der Waals surface area contributed by atoms with E-state index in [-0.39, 0.29) is 12.1 Å². The first kappa shape index (κ1) is 16.2. The zero-order valence-corrected chi connectivity index (χ0v) is 12.9. The molecule has 2 aromatic rings. The zero-order chi connectivity index (χ0) is 15.9. The van der Waals surface area contributed by atoms with Crippen LogP contribution in [0.15, 0.2) is 48.5 Å². The number of ether oxygens (including phenoxy) is 2. The highest BCUT2D eigenvalue weighted by molar-refractivity contribution is 5.89. The smallest absolute Gasteiger partial charge is 0.337 e. The molecule has 0 aliphatic rings. The van der Waals surface area contributed by atoms with E-state index < -0.39 is 0 Å². The molecule has 0 aliphatic carbocycles. The molecule has 116 valence electrons. The van der Waals surface area contributed by atoms with Crippen LogP contribution in [0, 0.1) is 6.92 Å². The van der Waals surface area contributed by atoms with Gasteiger partial charge in [0, 0.05) is 6.54 Å². The maximum atomic E-state index is 11.4. The number of benzene rings is 2. The standard InChI is InChI=1S/C18H21NO3/c1-13-4-3-5-16(10-13)17(11-19)22-12-14-6-8-15(9-7-14)18(20)21-2/h3-10,17H,11-12,19H2,1-2H3. The number of hydrogen-bond donors (Lipinski definition) is 1. The van der Waals surface area contributed by atoms with Crippen LogP contribution in [0.3, 0.4) is 0 Å². The number of carbonyl (C=O) groups excluding carboxylic acids is 1. The molecule has 0 aliphatic heterocycles. The lowest BCUT2D eigenvalue weighted by atomic mass is 10.1. The van der Waals surface area contributed by atoms with Gasteiger partial charge in [-0.05, 0) is 30.2 Å². The van der Waals surface area contributed by atoms with Crippen LogP contribution in [0.25, 0.3) is 0 Å². The number of nitrogens with two attached hydrogens (primary N) is 1. The number of carbonyl (C=O) groups is 1. The molecule has 22 heavy (non-hydrogen) atoms. The SMILES string of the molecule is COC(=O)c1ccc(COC(CN)c2cccc(C)c2)cc1. The Bertz CT molecular complexity index is 622. The molecular formula is C18H21NO3. The Morgan fingerprint density at radius 1 is 1.18 bits per heavy atom. The Labute approximate surface area is 130 Å². The van der Waals surface area contributed by atoms with Gasteiger partial charge in [0.1, 0.15) is 0 Å². The summed E-state index contributed by atoms with van der Waals surface area (Å²) in [6.07, 6.45) is -0.139. The van der Waals surface area contributed by atoms with Gasteiger partial charge in [-0.1, -0.05) is 42.0 Å². The third-order valence-corrected chi connectivity index (χ3v) is 3.45. The van der Waals surface area contributed by atoms with E-state index in [9.17, 15) is 4.79 Å². The largest absolute Gasteiger partial charge is 0.465 e. The van der Waals surface area contributed by atoms with Crippen molar-refractivity contribution in [3.05, 3.63) is 70.8 Å². The highest BCUT2D eigenvalue weighted by Crippen LogP contribution is 2.19. The van der Waals surface area contributed by atoms with Crippen molar-refractivity contribution >= 4 is 5.97 Å². The second kappa shape index (κ2) is 7.73. The third-order valence-electron chi connectivity index (χ3n) is 3.45. The van der Waals surface area contributed by atoms with Crippen LogP contribution in [-0.2, 0) is 16.1 Å². The van der Waals surface area contributed by atoms with E-state index in [2.05, 4.69) is 10.8 Å². The van der Waals surface area contributed by atoms with E-state index in [1.165, 1.54) is 12.7 Å². The van der Waals surface area contributed by atoms with Gasteiger partial charge in [-0.25, -0.2) is 4.79 Å². The molecule has 2 N–H and O–H groups in total. The first-order valence-electron chi connectivity index (χ1n) is 7.19. The second-order valence-electron chi connectivity index (χ2n) is 5.14. The van der Waals surface area contributed by atoms with Gasteiger partial charge < -0.3 is 15.2 Å². The van der Waals surface area contributed by atoms with E-state index in [1.807, 2.05) is 37.3 Å². The van der Waals surface area contributed by atoms with Crippen LogP contribution < -0.4 is 5.73 Å². The fraction of sp³-hybridized carbons (Fsp3) is 0.278. The van der Waals surface area contributed by atoms with Crippen molar-refractivity contribution < 1.29 is 14.3 Å². The van der Waals surface area contributed by atoms with Gasteiger partial charge in [-0.3, -0.25) is 0 Å². The lowest BCUT2D eigenvalue weighted by molar-refractivity contribution is 0.0455. The third kappa shape index (κ3) is 4.16. The molecule has 0 heterocycles. The fourth-order valence-electron chi connectivity index (χ4n) is 2.22. The Morgan fingerprint density at radius 2 is 1.91 bits per heavy atom. The summed E-state index contributed by atoms with van der Waals surface area (Å²) >= 11 is 0. The summed E-state index contributed by atoms with van der Waals surface area (Å²) < 4.78 is 10.6. The average molecular weight is 299 g/mol. The molecule has 2 rings (SSSR count). The maximum Gasteiger partial charge on any atom is 0.337 e. The van der Waals surface area contributed by atoms with Crippen LogP contribution in [0.2, 0.25) is 0 Å². The molecule has 1 unspecified atom stereocenters. The Balaban J connectivity index is 2.00. The highest BCUT2D eigenvalue weighted by atomic mass is 16.5. The molecule has 4 heteroatoms. The van der Waals surface area contributed by atoms with Crippen molar-refractivity contribution in [1.82, 2.24) is 0 Å². The van der Waals surface area contributed by atoms with Crippen LogP contribution >= 0.6 is 0 Å². The second-order valence-corrected chi connectivity index (χ2v) is 5.14. The van der Waals surface area contributed by atoms with E-state index in [0.29, 0.717) is 18.7 Å². The van der Waals surface area contributed by atoms with E-state index in [4.69, 9.17) is 10.5 Å². The van der Waals surface area contributed by atoms with Gasteiger partial charge in [0.25, 0.3) is 0 Å². The summed E-state index contributed by atoms with van der Waals surface area (Å²) in [5.41, 5.74) is 9.59. The average Bonchev–Trinajstić information content (AvgIpc) is 2.55. The molecule has 0 amide bonds. The highest BCUT2D eigenvalue weighted by Gasteiger charge is 2.11. The monoisotopic (exact) mass is 299 g/mol. The first-order valence-corrected chi connectivity index (χ1v) is 7.19. The Kier molecular flexibility index (Phi) is 5.69. The van der Waals surface area contributed by atoms with Crippen molar-refractivity contribution in [2.24, 2.45) is 5.73 Å². The zero-order valence-electron chi connectivity index (χ0n) is 12.9. The predicted octanol–water partition coefficient (Wildman–Crippen LogP) is 3.00. The molecule has 0 aromatic heterocycles. The number of hydrogen-bond acceptors (Lipinski definition) is 4. The minimum absolute atomic E-state index is 0.139. The summed E-state index contributed by atoms with van der Waals surface area (Å²) in [6.45, 7) is 2.91. The molecule has 0 radical (unpaired) electrons. The Hall–Kier alpha value is -2.17. The summed E-state index contributed by atoms with van der Waals surface area (Å²) in [5.74, 6) is -0.341. The quantitative estimate of drug-likeness (QED) is 0.833. The Morgan fingerprint density at radius 3 is 2.50 bits per heavy atom. The molecule has 0 bridgehead atoms. The maximum absolute atomic E-state index is 11.4. The first-order chi connectivity index (χ1) is 10.6. The molecule has 0 spiro atoms. The van der Waals surface area contributed by atoms with Gasteiger partial charge in [-0.15, -0.1) is 0 Å². The van der Waals surface area contributed by atoms with E-state index in [1.54, 1.807) is 12.1 Å². The number of aryl methyl sites for hydroxylation is 1. The van der Waals surface area contributed by atoms with Gasteiger partial charge in [0.05, 0.1) is 25.4 Å². The van der Waals surface area contributed by atoms with Crippen molar-refractivity contribution in [2.45, 2.75) is 19.6 Å². The topological polar surface area (TPSA) is 61.5 Å². The lowest BCUT2D eigenvalue weighted by Crippen LogP contribution is -2.16. The van der Waals surface area contributed by atoms with Crippen LogP contribution in [0.4, 0.5) is 0 Å². The van der Waals surface area contributed by atoms with E-state index >= 15 is 0 Å². The van der Waals surface area contributed by atoms with Crippen molar-refractivity contribution in [3.63, 3.8) is 0 Å². The van der Waals surface area contributed by atoms with Gasteiger partial charge in [0.2, 0.25) is 0 Å². The summed E-state index contributed by atoms with van der Waals surface area (Å²) in [4.78, 5) is 11.4. The van der Waals surface area contributed by atoms with Crippen molar-refractivity contribution in [3.8, 4) is 0 Å². The molecular weight excluding hydrogens is 278 g/mol. The number of esters is 1. The summed E-state index contributed by atoms with van der Waals surface area (Å²) in [5, 5.41) is 0. The molecule has 2 aromatic carbocycles. The molecule has 0 saturated heterocycles. The number of methoxy groups -OCH3 is 1.